The molecule has 4 aromatic rings. The summed E-state index contributed by atoms with van der Waals surface area (Å²) >= 11 is 1.47. The van der Waals surface area contributed by atoms with Crippen LogP contribution in [0.4, 0.5) is 4.39 Å². The molecule has 0 amide bonds. The smallest absolute Gasteiger partial charge is 0.266 e. The van der Waals surface area contributed by atoms with Gasteiger partial charge in [-0.05, 0) is 42.8 Å². The van der Waals surface area contributed by atoms with Gasteiger partial charge in [0, 0.05) is 5.75 Å². The van der Waals surface area contributed by atoms with Crippen LogP contribution in [0.5, 0.6) is 0 Å². The molecule has 3 aromatic carbocycles. The van der Waals surface area contributed by atoms with E-state index in [0.29, 0.717) is 27.5 Å². The third kappa shape index (κ3) is 3.64. The summed E-state index contributed by atoms with van der Waals surface area (Å²) in [4.78, 5) is 17.8. The Labute approximate surface area is 160 Å². The summed E-state index contributed by atoms with van der Waals surface area (Å²) in [7, 11) is 0. The van der Waals surface area contributed by atoms with Crippen molar-refractivity contribution >= 4 is 22.7 Å². The van der Waals surface area contributed by atoms with Crippen molar-refractivity contribution in [2.75, 3.05) is 0 Å². The summed E-state index contributed by atoms with van der Waals surface area (Å²) in [5.74, 6) is 0.280. The van der Waals surface area contributed by atoms with Gasteiger partial charge >= 0.3 is 0 Å². The van der Waals surface area contributed by atoms with E-state index in [1.165, 1.54) is 34.0 Å². The maximum Gasteiger partial charge on any atom is 0.266 e. The molecule has 0 saturated heterocycles. The molecule has 0 N–H and O–H groups in total. The average molecular weight is 376 g/mol. The van der Waals surface area contributed by atoms with Crippen molar-refractivity contribution in [3.05, 3.63) is 100 Å². The molecule has 3 nitrogen and oxygen atoms in total. The van der Waals surface area contributed by atoms with Crippen LogP contribution >= 0.6 is 11.8 Å². The molecule has 0 fully saturated rings. The Kier molecular flexibility index (Phi) is 4.77. The van der Waals surface area contributed by atoms with E-state index in [2.05, 4.69) is 29.2 Å². The van der Waals surface area contributed by atoms with Crippen molar-refractivity contribution in [2.45, 2.75) is 17.8 Å². The van der Waals surface area contributed by atoms with E-state index in [1.807, 2.05) is 19.1 Å². The van der Waals surface area contributed by atoms with Crippen LogP contribution in [-0.2, 0) is 5.75 Å². The van der Waals surface area contributed by atoms with Crippen LogP contribution in [0, 0.1) is 12.7 Å². The third-order valence-corrected chi connectivity index (χ3v) is 5.31. The van der Waals surface area contributed by atoms with Gasteiger partial charge in [0.15, 0.2) is 5.16 Å². The summed E-state index contributed by atoms with van der Waals surface area (Å²) in [5.41, 5.74) is 3.26. The number of benzene rings is 3. The summed E-state index contributed by atoms with van der Waals surface area (Å²) in [6, 6.07) is 21.5. The average Bonchev–Trinajstić information content (AvgIpc) is 2.68. The normalized spacial score (nSPS) is 11.0. The Bertz CT molecular complexity index is 1170. The minimum atomic E-state index is -0.387. The van der Waals surface area contributed by atoms with Crippen LogP contribution in [0.2, 0.25) is 0 Å². The lowest BCUT2D eigenvalue weighted by Crippen LogP contribution is -2.21. The van der Waals surface area contributed by atoms with Gasteiger partial charge in [-0.1, -0.05) is 59.8 Å². The number of aryl methyl sites for hydroxylation is 1. The number of nitrogens with zero attached hydrogens (tertiary/aromatic N) is 2. The quantitative estimate of drug-likeness (QED) is 0.366. The second-order valence-corrected chi connectivity index (χ2v) is 7.25. The zero-order chi connectivity index (χ0) is 18.8. The van der Waals surface area contributed by atoms with Gasteiger partial charge in [0.2, 0.25) is 0 Å². The highest BCUT2D eigenvalue weighted by atomic mass is 32.2. The second-order valence-electron chi connectivity index (χ2n) is 6.31. The fraction of sp³-hybridized carbons (Fsp3) is 0.0909. The molecular weight excluding hydrogens is 359 g/mol. The molecule has 4 rings (SSSR count). The van der Waals surface area contributed by atoms with Gasteiger partial charge in [-0.3, -0.25) is 9.36 Å². The topological polar surface area (TPSA) is 34.9 Å². The summed E-state index contributed by atoms with van der Waals surface area (Å²) < 4.78 is 15.3. The molecule has 134 valence electrons. The molecule has 0 atom stereocenters. The minimum Gasteiger partial charge on any atom is -0.268 e. The third-order valence-electron chi connectivity index (χ3n) is 4.30. The maximum atomic E-state index is 13.8. The first kappa shape index (κ1) is 17.5. The summed E-state index contributed by atoms with van der Waals surface area (Å²) in [6.07, 6.45) is 0. The Morgan fingerprint density at radius 3 is 2.56 bits per heavy atom. The second kappa shape index (κ2) is 7.37. The summed E-state index contributed by atoms with van der Waals surface area (Å²) in [6.45, 7) is 2.05. The monoisotopic (exact) mass is 376 g/mol. The molecule has 0 aliphatic heterocycles. The number of hydrogen-bond donors (Lipinski definition) is 0. The lowest BCUT2D eigenvalue weighted by Gasteiger charge is -2.13. The maximum absolute atomic E-state index is 13.8. The lowest BCUT2D eigenvalue weighted by atomic mass is 10.2. The van der Waals surface area contributed by atoms with Gasteiger partial charge in [0.05, 0.1) is 16.6 Å². The van der Waals surface area contributed by atoms with Crippen molar-refractivity contribution < 1.29 is 4.39 Å². The number of halogens is 1. The Morgan fingerprint density at radius 2 is 1.78 bits per heavy atom. The highest BCUT2D eigenvalue weighted by Gasteiger charge is 2.14. The molecule has 1 aromatic heterocycles. The van der Waals surface area contributed by atoms with Crippen LogP contribution in [0.15, 0.2) is 82.7 Å². The predicted molar refractivity (Wildman–Crippen MR) is 108 cm³/mol. The molecular formula is C22H17FN2OS. The van der Waals surface area contributed by atoms with E-state index >= 15 is 0 Å². The van der Waals surface area contributed by atoms with E-state index < -0.39 is 0 Å². The van der Waals surface area contributed by atoms with Crippen molar-refractivity contribution in [1.82, 2.24) is 9.55 Å². The van der Waals surface area contributed by atoms with Crippen molar-refractivity contribution in [2.24, 2.45) is 0 Å². The van der Waals surface area contributed by atoms with Crippen LogP contribution in [-0.4, -0.2) is 9.55 Å². The highest BCUT2D eigenvalue weighted by Crippen LogP contribution is 2.25. The highest BCUT2D eigenvalue weighted by molar-refractivity contribution is 7.98. The molecule has 0 saturated carbocycles. The summed E-state index contributed by atoms with van der Waals surface area (Å²) in [5, 5.41) is 1.06. The molecule has 0 aliphatic carbocycles. The van der Waals surface area contributed by atoms with E-state index in [0.717, 1.165) is 5.56 Å². The van der Waals surface area contributed by atoms with Crippen molar-refractivity contribution in [3.8, 4) is 5.69 Å². The predicted octanol–water partition coefficient (Wildman–Crippen LogP) is 5.13. The molecule has 0 bridgehead atoms. The van der Waals surface area contributed by atoms with Crippen LogP contribution in [0.25, 0.3) is 16.6 Å². The number of fused-ring (bicyclic) bond motifs is 1. The molecule has 0 unspecified atom stereocenters. The number of thioether (sulfide) groups is 1. The standard InChI is InChI=1S/C22H17FN2OS/c1-15-9-11-16(12-10-15)14-27-22-24-20-8-3-2-7-19(20)21(26)25(22)18-6-4-5-17(23)13-18/h2-13H,14H2,1H3. The van der Waals surface area contributed by atoms with E-state index in [1.54, 1.807) is 24.3 Å². The molecule has 0 radical (unpaired) electrons. The fourth-order valence-corrected chi connectivity index (χ4v) is 3.85. The van der Waals surface area contributed by atoms with Gasteiger partial charge in [-0.2, -0.15) is 0 Å². The first-order chi connectivity index (χ1) is 13.1. The molecule has 27 heavy (non-hydrogen) atoms. The Morgan fingerprint density at radius 1 is 1.00 bits per heavy atom. The molecule has 5 heteroatoms. The molecule has 1 heterocycles. The number of hydrogen-bond acceptors (Lipinski definition) is 3. The fourth-order valence-electron chi connectivity index (χ4n) is 2.88. The number of aromatic nitrogens is 2. The van der Waals surface area contributed by atoms with Crippen LogP contribution < -0.4 is 5.56 Å². The Balaban J connectivity index is 1.83. The van der Waals surface area contributed by atoms with Gasteiger partial charge in [-0.15, -0.1) is 0 Å². The van der Waals surface area contributed by atoms with Gasteiger partial charge < -0.3 is 0 Å². The van der Waals surface area contributed by atoms with Crippen LogP contribution in [0.1, 0.15) is 11.1 Å². The zero-order valence-corrected chi connectivity index (χ0v) is 15.5. The Hall–Kier alpha value is -2.92. The number of para-hydroxylation sites is 1. The van der Waals surface area contributed by atoms with Gasteiger partial charge in [0.1, 0.15) is 5.82 Å². The van der Waals surface area contributed by atoms with E-state index in [-0.39, 0.29) is 11.4 Å². The molecule has 0 aliphatic rings. The molecule has 0 spiro atoms. The lowest BCUT2D eigenvalue weighted by molar-refractivity contribution is 0.625. The minimum absolute atomic E-state index is 0.197. The largest absolute Gasteiger partial charge is 0.268 e. The van der Waals surface area contributed by atoms with Crippen molar-refractivity contribution in [1.29, 1.82) is 0 Å². The zero-order valence-electron chi connectivity index (χ0n) is 14.7. The van der Waals surface area contributed by atoms with Gasteiger partial charge in [0.25, 0.3) is 5.56 Å². The van der Waals surface area contributed by atoms with E-state index in [9.17, 15) is 9.18 Å². The van der Waals surface area contributed by atoms with E-state index in [4.69, 9.17) is 0 Å². The van der Waals surface area contributed by atoms with Crippen LogP contribution in [0.3, 0.4) is 0 Å². The first-order valence-corrected chi connectivity index (χ1v) is 9.56. The SMILES string of the molecule is Cc1ccc(CSc2nc3ccccc3c(=O)n2-c2cccc(F)c2)cc1. The number of rotatable bonds is 4. The van der Waals surface area contributed by atoms with Gasteiger partial charge in [-0.25, -0.2) is 9.37 Å². The first-order valence-electron chi connectivity index (χ1n) is 8.58. The van der Waals surface area contributed by atoms with Crippen molar-refractivity contribution in [3.63, 3.8) is 0 Å².